The lowest BCUT2D eigenvalue weighted by Crippen LogP contribution is -2.16. The molecule has 264 valence electrons. The number of ether oxygens (including phenoxy) is 4. The monoisotopic (exact) mass is 664 g/mol. The smallest absolute Gasteiger partial charge is 0.120 e. The van der Waals surface area contributed by atoms with Gasteiger partial charge in [0.05, 0.1) is 13.2 Å². The molecule has 4 aromatic rings. The van der Waals surface area contributed by atoms with E-state index in [4.69, 9.17) is 18.9 Å². The topological polar surface area (TPSA) is 36.9 Å². The Hall–Kier alpha value is -3.92. The van der Waals surface area contributed by atoms with Gasteiger partial charge in [-0.1, -0.05) is 119 Å². The summed E-state index contributed by atoms with van der Waals surface area (Å²) in [6.45, 7) is 29.1. The molecule has 0 N–H and O–H groups in total. The van der Waals surface area contributed by atoms with Gasteiger partial charge in [0.1, 0.15) is 36.2 Å². The van der Waals surface area contributed by atoms with Crippen molar-refractivity contribution in [2.75, 3.05) is 13.2 Å². The summed E-state index contributed by atoms with van der Waals surface area (Å²) in [7, 11) is 0. The van der Waals surface area contributed by atoms with Crippen molar-refractivity contribution in [1.29, 1.82) is 0 Å². The first-order chi connectivity index (χ1) is 22.8. The van der Waals surface area contributed by atoms with Crippen LogP contribution in [0.15, 0.2) is 84.9 Å². The van der Waals surface area contributed by atoms with Crippen molar-refractivity contribution in [1.82, 2.24) is 0 Å². The van der Waals surface area contributed by atoms with E-state index in [9.17, 15) is 0 Å². The predicted molar refractivity (Wildman–Crippen MR) is 205 cm³/mol. The molecule has 0 bridgehead atoms. The Morgan fingerprint density at radius 1 is 0.347 bits per heavy atom. The largest absolute Gasteiger partial charge is 0.493 e. The molecule has 0 aliphatic heterocycles. The summed E-state index contributed by atoms with van der Waals surface area (Å²) in [4.78, 5) is 0. The van der Waals surface area contributed by atoms with Gasteiger partial charge in [-0.2, -0.15) is 0 Å². The van der Waals surface area contributed by atoms with Crippen molar-refractivity contribution >= 4 is 0 Å². The molecule has 0 saturated heterocycles. The minimum atomic E-state index is 0.0561. The van der Waals surface area contributed by atoms with E-state index in [2.05, 4.69) is 144 Å². The minimum absolute atomic E-state index is 0.0561. The highest BCUT2D eigenvalue weighted by molar-refractivity contribution is 5.42. The van der Waals surface area contributed by atoms with Crippen LogP contribution in [0.4, 0.5) is 0 Å². The Bertz CT molecular complexity index is 1450. The van der Waals surface area contributed by atoms with Crippen LogP contribution in [0.3, 0.4) is 0 Å². The molecule has 49 heavy (non-hydrogen) atoms. The van der Waals surface area contributed by atoms with Crippen LogP contribution in [0.1, 0.15) is 123 Å². The number of hydrogen-bond acceptors (Lipinski definition) is 4. The van der Waals surface area contributed by atoms with E-state index >= 15 is 0 Å². The highest BCUT2D eigenvalue weighted by atomic mass is 16.5. The molecular weight excluding hydrogens is 604 g/mol. The first-order valence-electron chi connectivity index (χ1n) is 17.8. The van der Waals surface area contributed by atoms with Crippen molar-refractivity contribution in [2.24, 2.45) is 0 Å². The van der Waals surface area contributed by atoms with Gasteiger partial charge >= 0.3 is 0 Å². The van der Waals surface area contributed by atoms with Crippen LogP contribution in [0.5, 0.6) is 23.0 Å². The van der Waals surface area contributed by atoms with E-state index in [1.165, 1.54) is 22.3 Å². The zero-order chi connectivity index (χ0) is 36.0. The fourth-order valence-corrected chi connectivity index (χ4v) is 5.23. The van der Waals surface area contributed by atoms with Crippen molar-refractivity contribution in [2.45, 2.75) is 124 Å². The lowest BCUT2D eigenvalue weighted by molar-refractivity contribution is 0.247. The van der Waals surface area contributed by atoms with Crippen LogP contribution in [0.25, 0.3) is 0 Å². The van der Waals surface area contributed by atoms with Crippen molar-refractivity contribution in [3.8, 4) is 23.0 Å². The third kappa shape index (κ3) is 11.6. The molecule has 0 aliphatic carbocycles. The van der Waals surface area contributed by atoms with Crippen LogP contribution in [0.2, 0.25) is 0 Å². The fraction of sp³-hybridized carbons (Fsp3) is 0.467. The van der Waals surface area contributed by atoms with Gasteiger partial charge in [0.2, 0.25) is 0 Å². The summed E-state index contributed by atoms with van der Waals surface area (Å²) in [6, 6.07) is 29.6. The van der Waals surface area contributed by atoms with Crippen LogP contribution in [0, 0.1) is 0 Å². The van der Waals surface area contributed by atoms with E-state index in [1.54, 1.807) is 0 Å². The molecule has 0 radical (unpaired) electrons. The van der Waals surface area contributed by atoms with Crippen LogP contribution in [-0.4, -0.2) is 13.2 Å². The Balaban J connectivity index is 1.20. The maximum absolute atomic E-state index is 6.27. The van der Waals surface area contributed by atoms with E-state index in [1.807, 2.05) is 24.3 Å². The normalized spacial score (nSPS) is 12.5. The average Bonchev–Trinajstić information content (AvgIpc) is 3.02. The van der Waals surface area contributed by atoms with Gasteiger partial charge in [-0.05, 0) is 104 Å². The second-order valence-electron chi connectivity index (χ2n) is 17.4. The molecule has 4 aromatic carbocycles. The van der Waals surface area contributed by atoms with Crippen LogP contribution in [-0.2, 0) is 34.9 Å². The van der Waals surface area contributed by atoms with E-state index in [-0.39, 0.29) is 21.7 Å². The van der Waals surface area contributed by atoms with Crippen molar-refractivity contribution in [3.63, 3.8) is 0 Å². The Labute approximate surface area is 297 Å². The van der Waals surface area contributed by atoms with Gasteiger partial charge in [-0.3, -0.25) is 0 Å². The quantitative estimate of drug-likeness (QED) is 0.141. The van der Waals surface area contributed by atoms with E-state index in [0.717, 1.165) is 40.5 Å². The van der Waals surface area contributed by atoms with Gasteiger partial charge in [0.15, 0.2) is 0 Å². The SMILES string of the molecule is CC(C)(C)c1cc(OCc2ccc(OCCCOc3ccc(COc4cc(C(C)(C)C)cc(C(C)(C)C)c4)cc3)cc2)cc(C(C)(C)C)c1. The molecule has 0 amide bonds. The van der Waals surface area contributed by atoms with Crippen molar-refractivity contribution < 1.29 is 18.9 Å². The lowest BCUT2D eigenvalue weighted by Gasteiger charge is -2.26. The Morgan fingerprint density at radius 2 is 0.633 bits per heavy atom. The Morgan fingerprint density at radius 3 is 0.898 bits per heavy atom. The summed E-state index contributed by atoms with van der Waals surface area (Å²) < 4.78 is 24.5. The highest BCUT2D eigenvalue weighted by Crippen LogP contribution is 2.35. The Kier molecular flexibility index (Phi) is 11.8. The molecule has 0 fully saturated rings. The zero-order valence-electron chi connectivity index (χ0n) is 32.3. The van der Waals surface area contributed by atoms with Gasteiger partial charge in [0.25, 0.3) is 0 Å². The highest BCUT2D eigenvalue weighted by Gasteiger charge is 2.22. The fourth-order valence-electron chi connectivity index (χ4n) is 5.23. The first-order valence-corrected chi connectivity index (χ1v) is 17.8. The van der Waals surface area contributed by atoms with E-state index in [0.29, 0.717) is 26.4 Å². The molecule has 0 saturated carbocycles. The third-order valence-corrected chi connectivity index (χ3v) is 8.76. The summed E-state index contributed by atoms with van der Waals surface area (Å²) in [6.07, 6.45) is 0.788. The van der Waals surface area contributed by atoms with Gasteiger partial charge in [-0.15, -0.1) is 0 Å². The van der Waals surface area contributed by atoms with Crippen molar-refractivity contribution in [3.05, 3.63) is 118 Å². The predicted octanol–water partition coefficient (Wildman–Crippen LogP) is 11.9. The number of benzene rings is 4. The van der Waals surface area contributed by atoms with Crippen LogP contribution < -0.4 is 18.9 Å². The molecule has 0 atom stereocenters. The number of rotatable bonds is 12. The molecule has 4 rings (SSSR count). The molecular formula is C45H60O4. The summed E-state index contributed by atoms with van der Waals surface area (Å²) in [5.74, 6) is 3.52. The maximum atomic E-state index is 6.27. The summed E-state index contributed by atoms with van der Waals surface area (Å²) in [5, 5.41) is 0. The molecule has 4 nitrogen and oxygen atoms in total. The molecule has 0 aliphatic rings. The standard InChI is InChI=1S/C45H60O4/c1-42(2,3)34-24-35(43(4,5)6)27-40(26-34)48-30-32-14-18-38(19-15-32)46-22-13-23-47-39-20-16-33(17-21-39)31-49-41-28-36(44(7,8)9)25-37(29-41)45(10,11)12/h14-21,24-29H,13,22-23,30-31H2,1-12H3. The molecule has 0 unspecified atom stereocenters. The summed E-state index contributed by atoms with van der Waals surface area (Å²) >= 11 is 0. The maximum Gasteiger partial charge on any atom is 0.120 e. The second kappa shape index (κ2) is 15.3. The molecule has 4 heteroatoms. The second-order valence-corrected chi connectivity index (χ2v) is 17.4. The van der Waals surface area contributed by atoms with Gasteiger partial charge in [-0.25, -0.2) is 0 Å². The molecule has 0 spiro atoms. The average molecular weight is 665 g/mol. The zero-order valence-corrected chi connectivity index (χ0v) is 32.3. The minimum Gasteiger partial charge on any atom is -0.493 e. The summed E-state index contributed by atoms with van der Waals surface area (Å²) in [5.41, 5.74) is 7.60. The third-order valence-electron chi connectivity index (χ3n) is 8.76. The lowest BCUT2D eigenvalue weighted by atomic mass is 9.80. The van der Waals surface area contributed by atoms with E-state index < -0.39 is 0 Å². The van der Waals surface area contributed by atoms with Gasteiger partial charge < -0.3 is 18.9 Å². The van der Waals surface area contributed by atoms with Crippen LogP contribution >= 0.6 is 0 Å². The van der Waals surface area contributed by atoms with Gasteiger partial charge in [0, 0.05) is 6.42 Å². The molecule has 0 aromatic heterocycles. The molecule has 0 heterocycles. The first kappa shape index (κ1) is 37.9. The number of hydrogen-bond donors (Lipinski definition) is 0.